The van der Waals surface area contributed by atoms with Crippen molar-refractivity contribution in [1.82, 2.24) is 15.0 Å². The summed E-state index contributed by atoms with van der Waals surface area (Å²) >= 11 is 0. The number of hydrogen-bond acceptors (Lipinski definition) is 3. The molecule has 0 N–H and O–H groups in total. The van der Waals surface area contributed by atoms with Crippen LogP contribution in [-0.2, 0) is 0 Å². The van der Waals surface area contributed by atoms with E-state index in [2.05, 4.69) is 182 Å². The summed E-state index contributed by atoms with van der Waals surface area (Å²) in [6.45, 7) is 0. The van der Waals surface area contributed by atoms with Crippen molar-refractivity contribution >= 4 is 21.5 Å². The van der Waals surface area contributed by atoms with Crippen LogP contribution in [0.5, 0.6) is 0 Å². The van der Waals surface area contributed by atoms with Gasteiger partial charge in [0.2, 0.25) is 0 Å². The smallest absolute Gasteiger partial charge is 0.164 e. The highest BCUT2D eigenvalue weighted by molar-refractivity contribution is 6.22. The van der Waals surface area contributed by atoms with Crippen LogP contribution in [0.1, 0.15) is 0 Å². The lowest BCUT2D eigenvalue weighted by atomic mass is 9.83. The lowest BCUT2D eigenvalue weighted by molar-refractivity contribution is 1.07. The second-order valence-corrected chi connectivity index (χ2v) is 13.9. The highest BCUT2D eigenvalue weighted by atomic mass is 15.0. The van der Waals surface area contributed by atoms with Crippen LogP contribution in [0.15, 0.2) is 212 Å². The highest BCUT2D eigenvalue weighted by Crippen LogP contribution is 2.46. The van der Waals surface area contributed by atoms with Gasteiger partial charge in [0.05, 0.1) is 0 Å². The van der Waals surface area contributed by atoms with Crippen molar-refractivity contribution in [1.29, 1.82) is 0 Å². The minimum atomic E-state index is 0.626. The molecule has 0 aliphatic carbocycles. The van der Waals surface area contributed by atoms with Crippen molar-refractivity contribution in [2.24, 2.45) is 0 Å². The van der Waals surface area contributed by atoms with Crippen molar-refractivity contribution < 1.29 is 0 Å². The molecule has 56 heavy (non-hydrogen) atoms. The Morgan fingerprint density at radius 1 is 0.214 bits per heavy atom. The maximum atomic E-state index is 5.22. The van der Waals surface area contributed by atoms with Crippen LogP contribution in [0.4, 0.5) is 0 Å². The second kappa shape index (κ2) is 14.4. The predicted octanol–water partition coefficient (Wildman–Crippen LogP) is 13.8. The van der Waals surface area contributed by atoms with Crippen LogP contribution in [0.3, 0.4) is 0 Å². The van der Waals surface area contributed by atoms with Gasteiger partial charge in [0.15, 0.2) is 17.5 Å². The monoisotopic (exact) mass is 713 g/mol. The number of hydrogen-bond donors (Lipinski definition) is 0. The van der Waals surface area contributed by atoms with Gasteiger partial charge < -0.3 is 0 Å². The van der Waals surface area contributed by atoms with Crippen molar-refractivity contribution in [3.05, 3.63) is 212 Å². The molecule has 0 saturated heterocycles. The van der Waals surface area contributed by atoms with E-state index in [0.29, 0.717) is 17.5 Å². The Kier molecular flexibility index (Phi) is 8.51. The van der Waals surface area contributed by atoms with Crippen molar-refractivity contribution in [3.8, 4) is 78.7 Å². The van der Waals surface area contributed by atoms with E-state index in [1.54, 1.807) is 0 Å². The zero-order valence-corrected chi connectivity index (χ0v) is 30.5. The Labute approximate surface area is 326 Å². The molecule has 0 aliphatic heterocycles. The van der Waals surface area contributed by atoms with Crippen LogP contribution in [0.25, 0.3) is 100 Å². The molecule has 9 aromatic carbocycles. The van der Waals surface area contributed by atoms with E-state index in [1.165, 1.54) is 49.4 Å². The largest absolute Gasteiger partial charge is 0.208 e. The SMILES string of the molecule is c1ccc(-c2nc(-c3cccc(-c4c5ccccc5c(-c5ccccc5-c5ccccc5)c5ccccc45)c3)nc(-c3ccccc3-c3ccccc3)n2)cc1. The molecular weight excluding hydrogens is 679 g/mol. The van der Waals surface area contributed by atoms with Crippen LogP contribution >= 0.6 is 0 Å². The maximum Gasteiger partial charge on any atom is 0.164 e. The number of rotatable bonds is 7. The molecule has 0 aliphatic rings. The molecule has 262 valence electrons. The summed E-state index contributed by atoms with van der Waals surface area (Å²) in [6.07, 6.45) is 0. The first-order valence-electron chi connectivity index (χ1n) is 19.0. The normalized spacial score (nSPS) is 11.2. The molecule has 3 nitrogen and oxygen atoms in total. The van der Waals surface area contributed by atoms with Crippen LogP contribution in [0.2, 0.25) is 0 Å². The van der Waals surface area contributed by atoms with E-state index in [-0.39, 0.29) is 0 Å². The van der Waals surface area contributed by atoms with Gasteiger partial charge in [-0.05, 0) is 72.1 Å². The summed E-state index contributed by atoms with van der Waals surface area (Å²) in [5.41, 5.74) is 12.2. The van der Waals surface area contributed by atoms with Gasteiger partial charge in [0.25, 0.3) is 0 Å². The molecule has 10 rings (SSSR count). The zero-order valence-electron chi connectivity index (χ0n) is 30.5. The first kappa shape index (κ1) is 33.1. The number of benzene rings is 9. The number of aromatic nitrogens is 3. The quantitative estimate of drug-likeness (QED) is 0.154. The van der Waals surface area contributed by atoms with Gasteiger partial charge in [-0.25, -0.2) is 15.0 Å². The molecule has 10 aromatic rings. The minimum absolute atomic E-state index is 0.626. The third kappa shape index (κ3) is 6.02. The van der Waals surface area contributed by atoms with E-state index in [4.69, 9.17) is 15.0 Å². The lowest BCUT2D eigenvalue weighted by Gasteiger charge is -2.20. The standard InChI is InChI=1S/C53H35N3/c1-4-19-36(20-5-1)41-27-10-12-29-43(41)50-46-32-15-13-30-44(46)49(45-31-14-16-33-47(45)50)39-25-18-26-40(35-39)52-54-51(38-23-8-3-9-24-38)55-53(56-52)48-34-17-11-28-42(48)37-21-6-2-7-22-37/h1-35H. The van der Waals surface area contributed by atoms with Gasteiger partial charge in [-0.2, -0.15) is 0 Å². The fourth-order valence-electron chi connectivity index (χ4n) is 8.00. The Bertz CT molecular complexity index is 2950. The minimum Gasteiger partial charge on any atom is -0.208 e. The molecule has 1 aromatic heterocycles. The molecule has 0 saturated carbocycles. The number of fused-ring (bicyclic) bond motifs is 2. The summed E-state index contributed by atoms with van der Waals surface area (Å²) in [5, 5.41) is 4.81. The van der Waals surface area contributed by atoms with Gasteiger partial charge in [-0.1, -0.05) is 206 Å². The van der Waals surface area contributed by atoms with E-state index >= 15 is 0 Å². The summed E-state index contributed by atoms with van der Waals surface area (Å²) < 4.78 is 0. The third-order valence-electron chi connectivity index (χ3n) is 10.5. The van der Waals surface area contributed by atoms with Crippen molar-refractivity contribution in [2.75, 3.05) is 0 Å². The Hall–Kier alpha value is -7.49. The molecule has 0 atom stereocenters. The zero-order chi connectivity index (χ0) is 37.3. The van der Waals surface area contributed by atoms with E-state index < -0.39 is 0 Å². The summed E-state index contributed by atoms with van der Waals surface area (Å²) in [6, 6.07) is 74.7. The molecule has 0 amide bonds. The molecule has 0 radical (unpaired) electrons. The third-order valence-corrected chi connectivity index (χ3v) is 10.5. The van der Waals surface area contributed by atoms with Crippen LogP contribution < -0.4 is 0 Å². The van der Waals surface area contributed by atoms with Gasteiger partial charge in [-0.3, -0.25) is 0 Å². The van der Waals surface area contributed by atoms with Crippen molar-refractivity contribution in [3.63, 3.8) is 0 Å². The molecule has 3 heteroatoms. The number of nitrogens with zero attached hydrogens (tertiary/aromatic N) is 3. The average molecular weight is 714 g/mol. The Balaban J connectivity index is 1.18. The highest BCUT2D eigenvalue weighted by Gasteiger charge is 2.20. The fourth-order valence-corrected chi connectivity index (χ4v) is 8.00. The average Bonchev–Trinajstić information content (AvgIpc) is 3.29. The molecule has 1 heterocycles. The lowest BCUT2D eigenvalue weighted by Crippen LogP contribution is -2.01. The first-order valence-corrected chi connectivity index (χ1v) is 19.0. The van der Waals surface area contributed by atoms with Crippen LogP contribution in [-0.4, -0.2) is 15.0 Å². The molecule has 0 bridgehead atoms. The van der Waals surface area contributed by atoms with E-state index in [1.807, 2.05) is 30.3 Å². The van der Waals surface area contributed by atoms with E-state index in [0.717, 1.165) is 33.4 Å². The van der Waals surface area contributed by atoms with Gasteiger partial charge >= 0.3 is 0 Å². The Morgan fingerprint density at radius 2 is 0.571 bits per heavy atom. The molecule has 0 unspecified atom stereocenters. The van der Waals surface area contributed by atoms with E-state index in [9.17, 15) is 0 Å². The molecular formula is C53H35N3. The Morgan fingerprint density at radius 3 is 1.12 bits per heavy atom. The second-order valence-electron chi connectivity index (χ2n) is 13.9. The van der Waals surface area contributed by atoms with Gasteiger partial charge in [0, 0.05) is 16.7 Å². The predicted molar refractivity (Wildman–Crippen MR) is 233 cm³/mol. The topological polar surface area (TPSA) is 38.7 Å². The first-order chi connectivity index (χ1) is 27.8. The van der Waals surface area contributed by atoms with Gasteiger partial charge in [-0.15, -0.1) is 0 Å². The summed E-state index contributed by atoms with van der Waals surface area (Å²) in [5.74, 6) is 1.90. The summed E-state index contributed by atoms with van der Waals surface area (Å²) in [4.78, 5) is 15.4. The van der Waals surface area contributed by atoms with Gasteiger partial charge in [0.1, 0.15) is 0 Å². The molecule has 0 fully saturated rings. The maximum absolute atomic E-state index is 5.22. The molecule has 0 spiro atoms. The van der Waals surface area contributed by atoms with Crippen molar-refractivity contribution in [2.45, 2.75) is 0 Å². The summed E-state index contributed by atoms with van der Waals surface area (Å²) in [7, 11) is 0. The van der Waals surface area contributed by atoms with Crippen LogP contribution in [0, 0.1) is 0 Å². The fraction of sp³-hybridized carbons (Fsp3) is 0.